The number of thiazole rings is 1. The molecule has 5 rings (SSSR count). The lowest BCUT2D eigenvalue weighted by molar-refractivity contribution is -0.139. The van der Waals surface area contributed by atoms with E-state index >= 15 is 0 Å². The molecule has 0 amide bonds. The summed E-state index contributed by atoms with van der Waals surface area (Å²) in [5.74, 6) is 0.570. The summed E-state index contributed by atoms with van der Waals surface area (Å²) in [7, 11) is 0. The second kappa shape index (κ2) is 13.0. The minimum atomic E-state index is -0.741. The molecule has 42 heavy (non-hydrogen) atoms. The molecule has 0 bridgehead atoms. The number of rotatable bonds is 9. The normalized spacial score (nSPS) is 14.8. The molecule has 0 aliphatic carbocycles. The third-order valence-electron chi connectivity index (χ3n) is 6.57. The summed E-state index contributed by atoms with van der Waals surface area (Å²) in [4.78, 5) is 32.3. The highest BCUT2D eigenvalue weighted by Crippen LogP contribution is 2.34. The van der Waals surface area contributed by atoms with Crippen molar-refractivity contribution in [3.8, 4) is 11.5 Å². The van der Waals surface area contributed by atoms with Crippen LogP contribution in [-0.4, -0.2) is 23.8 Å². The molecule has 0 fully saturated rings. The molecule has 0 N–H and O–H groups in total. The summed E-state index contributed by atoms with van der Waals surface area (Å²) in [5, 5.41) is 0.726. The average molecular weight is 624 g/mol. The fraction of sp³-hybridized carbons (Fsp3) is 0.219. The molecule has 1 atom stereocenters. The van der Waals surface area contributed by atoms with E-state index in [-0.39, 0.29) is 18.8 Å². The zero-order valence-corrected chi connectivity index (χ0v) is 25.6. The molecular formula is C32H28Cl2N2O5S. The van der Waals surface area contributed by atoms with E-state index in [4.69, 9.17) is 37.4 Å². The van der Waals surface area contributed by atoms with Gasteiger partial charge in [-0.05, 0) is 62.2 Å². The van der Waals surface area contributed by atoms with Gasteiger partial charge < -0.3 is 14.2 Å². The molecule has 7 nitrogen and oxygen atoms in total. The first-order chi connectivity index (χ1) is 20.3. The van der Waals surface area contributed by atoms with Crippen LogP contribution in [0.3, 0.4) is 0 Å². The third kappa shape index (κ3) is 6.16. The van der Waals surface area contributed by atoms with Crippen molar-refractivity contribution in [1.29, 1.82) is 0 Å². The maximum Gasteiger partial charge on any atom is 0.338 e. The lowest BCUT2D eigenvalue weighted by atomic mass is 9.96. The van der Waals surface area contributed by atoms with Crippen molar-refractivity contribution in [1.82, 2.24) is 4.57 Å². The van der Waals surface area contributed by atoms with Crippen LogP contribution in [-0.2, 0) is 16.1 Å². The van der Waals surface area contributed by atoms with Crippen LogP contribution in [0.2, 0.25) is 10.0 Å². The molecule has 0 saturated carbocycles. The first kappa shape index (κ1) is 29.6. The number of aromatic nitrogens is 1. The number of esters is 1. The molecule has 1 aromatic heterocycles. The van der Waals surface area contributed by atoms with Crippen LogP contribution in [0.1, 0.15) is 43.5 Å². The maximum atomic E-state index is 14.0. The standard InChI is InChI=1S/C32H28Cl2N2O5S/c1-4-39-24-13-11-21(12-14-24)28-27(31(38)40-5-2)19(3)35-32-36(28)30(37)26(42-32)16-22-15-23(33)17-25(34)29(22)41-18-20-9-7-6-8-10-20/h6-17,28H,4-5,18H2,1-3H3/b26-16-/t28-/m0/s1. The van der Waals surface area contributed by atoms with Gasteiger partial charge in [-0.15, -0.1) is 0 Å². The van der Waals surface area contributed by atoms with Crippen LogP contribution >= 0.6 is 34.5 Å². The first-order valence-electron chi connectivity index (χ1n) is 13.4. The first-order valence-corrected chi connectivity index (χ1v) is 15.0. The summed E-state index contributed by atoms with van der Waals surface area (Å²) >= 11 is 14.1. The Balaban J connectivity index is 1.64. The van der Waals surface area contributed by atoms with Crippen LogP contribution < -0.4 is 24.4 Å². The number of ether oxygens (including phenoxy) is 3. The summed E-state index contributed by atoms with van der Waals surface area (Å²) in [6, 6.07) is 19.6. The highest BCUT2D eigenvalue weighted by molar-refractivity contribution is 7.07. The summed E-state index contributed by atoms with van der Waals surface area (Å²) in [5.41, 5.74) is 2.70. The number of carbonyl (C=O) groups is 1. The van der Waals surface area contributed by atoms with Gasteiger partial charge in [0.1, 0.15) is 18.1 Å². The third-order valence-corrected chi connectivity index (χ3v) is 8.06. The topological polar surface area (TPSA) is 79.1 Å². The molecule has 1 aliphatic rings. The van der Waals surface area contributed by atoms with Crippen molar-refractivity contribution in [2.75, 3.05) is 13.2 Å². The van der Waals surface area contributed by atoms with Crippen LogP contribution in [0.4, 0.5) is 0 Å². The van der Waals surface area contributed by atoms with Crippen molar-refractivity contribution in [3.05, 3.63) is 124 Å². The molecular weight excluding hydrogens is 595 g/mol. The van der Waals surface area contributed by atoms with Gasteiger partial charge in [-0.2, -0.15) is 0 Å². The SMILES string of the molecule is CCOC(=O)C1=C(C)N=c2s/c(=C\c3cc(Cl)cc(Cl)c3OCc3ccccc3)c(=O)n2[C@H]1c1ccc(OCC)cc1. The van der Waals surface area contributed by atoms with Crippen LogP contribution in [0.25, 0.3) is 6.08 Å². The van der Waals surface area contributed by atoms with E-state index in [0.717, 1.165) is 11.1 Å². The molecule has 0 saturated heterocycles. The summed E-state index contributed by atoms with van der Waals surface area (Å²) < 4.78 is 19.0. The van der Waals surface area contributed by atoms with Crippen LogP contribution in [0, 0.1) is 0 Å². The molecule has 1 aliphatic heterocycles. The molecule has 2 heterocycles. The monoisotopic (exact) mass is 622 g/mol. The largest absolute Gasteiger partial charge is 0.494 e. The highest BCUT2D eigenvalue weighted by atomic mass is 35.5. The molecule has 0 spiro atoms. The van der Waals surface area contributed by atoms with Gasteiger partial charge in [0.25, 0.3) is 5.56 Å². The fourth-order valence-corrected chi connectivity index (χ4v) is 6.33. The van der Waals surface area contributed by atoms with E-state index in [1.54, 1.807) is 32.1 Å². The fourth-order valence-electron chi connectivity index (χ4n) is 4.73. The Bertz CT molecular complexity index is 1830. The van der Waals surface area contributed by atoms with E-state index in [9.17, 15) is 9.59 Å². The van der Waals surface area contributed by atoms with Crippen molar-refractivity contribution in [2.45, 2.75) is 33.4 Å². The smallest absolute Gasteiger partial charge is 0.338 e. The summed E-state index contributed by atoms with van der Waals surface area (Å²) in [6.07, 6.45) is 1.69. The molecule has 3 aromatic carbocycles. The van der Waals surface area contributed by atoms with E-state index in [1.807, 2.05) is 61.5 Å². The number of halogens is 2. The minimum Gasteiger partial charge on any atom is -0.494 e. The van der Waals surface area contributed by atoms with Gasteiger partial charge >= 0.3 is 5.97 Å². The Labute approximate surface area is 256 Å². The number of hydrogen-bond acceptors (Lipinski definition) is 7. The van der Waals surface area contributed by atoms with E-state index in [0.29, 0.717) is 54.3 Å². The van der Waals surface area contributed by atoms with Gasteiger partial charge in [0.15, 0.2) is 4.80 Å². The minimum absolute atomic E-state index is 0.192. The van der Waals surface area contributed by atoms with Crippen molar-refractivity contribution in [3.63, 3.8) is 0 Å². The number of fused-ring (bicyclic) bond motifs is 1. The van der Waals surface area contributed by atoms with Gasteiger partial charge in [-0.25, -0.2) is 9.79 Å². The van der Waals surface area contributed by atoms with Crippen molar-refractivity contribution < 1.29 is 19.0 Å². The second-order valence-electron chi connectivity index (χ2n) is 9.38. The Morgan fingerprint density at radius 2 is 1.76 bits per heavy atom. The van der Waals surface area contributed by atoms with Crippen molar-refractivity contribution in [2.24, 2.45) is 4.99 Å². The predicted octanol–water partition coefficient (Wildman–Crippen LogP) is 6.08. The number of carbonyl (C=O) groups excluding carboxylic acids is 1. The molecule has 4 aromatic rings. The van der Waals surface area contributed by atoms with E-state index < -0.39 is 12.0 Å². The zero-order chi connectivity index (χ0) is 29.8. The lowest BCUT2D eigenvalue weighted by Crippen LogP contribution is -2.39. The Hall–Kier alpha value is -3.85. The lowest BCUT2D eigenvalue weighted by Gasteiger charge is -2.24. The number of hydrogen-bond donors (Lipinski definition) is 0. The predicted molar refractivity (Wildman–Crippen MR) is 165 cm³/mol. The van der Waals surface area contributed by atoms with E-state index in [1.165, 1.54) is 15.9 Å². The van der Waals surface area contributed by atoms with Gasteiger partial charge in [0.2, 0.25) is 0 Å². The van der Waals surface area contributed by atoms with Crippen LogP contribution in [0.15, 0.2) is 87.8 Å². The Morgan fingerprint density at radius 1 is 1.02 bits per heavy atom. The van der Waals surface area contributed by atoms with Crippen LogP contribution in [0.5, 0.6) is 11.5 Å². The van der Waals surface area contributed by atoms with Gasteiger partial charge in [0, 0.05) is 10.6 Å². The van der Waals surface area contributed by atoms with E-state index in [2.05, 4.69) is 4.99 Å². The zero-order valence-electron chi connectivity index (χ0n) is 23.2. The maximum absolute atomic E-state index is 14.0. The van der Waals surface area contributed by atoms with Gasteiger partial charge in [-0.1, -0.05) is 77.0 Å². The summed E-state index contributed by atoms with van der Waals surface area (Å²) in [6.45, 7) is 6.38. The number of nitrogens with zero attached hydrogens (tertiary/aromatic N) is 2. The molecule has 216 valence electrons. The Morgan fingerprint density at radius 3 is 2.45 bits per heavy atom. The number of allylic oxidation sites excluding steroid dienone is 1. The molecule has 0 radical (unpaired) electrons. The molecule has 10 heteroatoms. The second-order valence-corrected chi connectivity index (χ2v) is 11.2. The molecule has 0 unspecified atom stereocenters. The average Bonchev–Trinajstić information content (AvgIpc) is 3.27. The van der Waals surface area contributed by atoms with Gasteiger partial charge in [0.05, 0.1) is 40.1 Å². The van der Waals surface area contributed by atoms with Crippen molar-refractivity contribution >= 4 is 46.6 Å². The quantitative estimate of drug-likeness (QED) is 0.211. The highest BCUT2D eigenvalue weighted by Gasteiger charge is 2.33. The number of benzene rings is 3. The Kier molecular flexibility index (Phi) is 9.16. The van der Waals surface area contributed by atoms with Gasteiger partial charge in [-0.3, -0.25) is 9.36 Å².